The Labute approximate surface area is 130 Å². The molecule has 21 heavy (non-hydrogen) atoms. The fraction of sp³-hybridized carbons (Fsp3) is 0.0667. The summed E-state index contributed by atoms with van der Waals surface area (Å²) in [6.45, 7) is 0. The number of rotatable bonds is 3. The van der Waals surface area contributed by atoms with E-state index in [0.29, 0.717) is 33.2 Å². The lowest BCUT2D eigenvalue weighted by atomic mass is 10.2. The van der Waals surface area contributed by atoms with E-state index >= 15 is 0 Å². The third-order valence-corrected chi connectivity index (χ3v) is 4.34. The van der Waals surface area contributed by atoms with Crippen molar-refractivity contribution in [3.63, 3.8) is 0 Å². The fourth-order valence-corrected chi connectivity index (χ4v) is 3.00. The van der Waals surface area contributed by atoms with Gasteiger partial charge in [0.15, 0.2) is 0 Å². The molecule has 1 aromatic heterocycles. The van der Waals surface area contributed by atoms with Gasteiger partial charge in [0.1, 0.15) is 5.82 Å². The molecule has 0 aliphatic rings. The maximum Gasteiger partial charge on any atom is 0.258 e. The summed E-state index contributed by atoms with van der Waals surface area (Å²) in [5.74, 6) is 1.19. The topological polar surface area (TPSA) is 71.8 Å². The van der Waals surface area contributed by atoms with Gasteiger partial charge in [-0.15, -0.1) is 11.8 Å². The number of para-hydroxylation sites is 1. The summed E-state index contributed by atoms with van der Waals surface area (Å²) in [6, 6.07) is 12.7. The van der Waals surface area contributed by atoms with Crippen LogP contribution in [0.1, 0.15) is 5.82 Å². The predicted molar refractivity (Wildman–Crippen MR) is 87.8 cm³/mol. The maximum absolute atomic E-state index is 12.0. The largest absolute Gasteiger partial charge is 0.398 e. The first-order valence-corrected chi connectivity index (χ1v) is 7.65. The molecule has 3 N–H and O–H groups in total. The molecule has 0 fully saturated rings. The van der Waals surface area contributed by atoms with Gasteiger partial charge in [0.05, 0.1) is 27.4 Å². The van der Waals surface area contributed by atoms with E-state index in [4.69, 9.17) is 17.3 Å². The lowest BCUT2D eigenvalue weighted by Gasteiger charge is -2.05. The number of aromatic amines is 1. The van der Waals surface area contributed by atoms with Crippen LogP contribution in [0.15, 0.2) is 52.2 Å². The monoisotopic (exact) mass is 317 g/mol. The standard InChI is InChI=1S/C15H12ClN3OS/c16-11-7-9(5-6-12(11)17)21-8-14-18-13-4-2-1-3-10(13)15(20)19-14/h1-7H,8,17H2,(H,18,19,20). The molecule has 3 rings (SSSR count). The minimum atomic E-state index is -0.119. The summed E-state index contributed by atoms with van der Waals surface area (Å²) in [5, 5.41) is 1.13. The van der Waals surface area contributed by atoms with Gasteiger partial charge < -0.3 is 10.7 Å². The highest BCUT2D eigenvalue weighted by Crippen LogP contribution is 2.27. The average Bonchev–Trinajstić information content (AvgIpc) is 2.49. The molecule has 0 spiro atoms. The van der Waals surface area contributed by atoms with Crippen molar-refractivity contribution in [3.8, 4) is 0 Å². The molecular formula is C15H12ClN3OS. The van der Waals surface area contributed by atoms with Crippen molar-refractivity contribution < 1.29 is 0 Å². The second-order valence-corrected chi connectivity index (χ2v) is 5.96. The Morgan fingerprint density at radius 2 is 2.05 bits per heavy atom. The number of nitrogens with one attached hydrogen (secondary N) is 1. The molecule has 2 aromatic carbocycles. The number of aromatic nitrogens is 2. The molecule has 0 saturated heterocycles. The van der Waals surface area contributed by atoms with E-state index in [-0.39, 0.29) is 5.56 Å². The number of thioether (sulfide) groups is 1. The first kappa shape index (κ1) is 14.0. The summed E-state index contributed by atoms with van der Waals surface area (Å²) >= 11 is 7.53. The smallest absolute Gasteiger partial charge is 0.258 e. The number of hydrogen-bond acceptors (Lipinski definition) is 4. The van der Waals surface area contributed by atoms with Crippen molar-refractivity contribution in [3.05, 3.63) is 63.7 Å². The molecule has 0 unspecified atom stereocenters. The molecule has 0 bridgehead atoms. The molecule has 0 atom stereocenters. The molecule has 3 aromatic rings. The van der Waals surface area contributed by atoms with Crippen molar-refractivity contribution in [1.82, 2.24) is 9.97 Å². The fourth-order valence-electron chi connectivity index (χ4n) is 1.95. The van der Waals surface area contributed by atoms with Gasteiger partial charge in [0.25, 0.3) is 5.56 Å². The number of benzene rings is 2. The number of anilines is 1. The number of halogens is 1. The maximum atomic E-state index is 12.0. The minimum Gasteiger partial charge on any atom is -0.398 e. The Balaban J connectivity index is 1.85. The van der Waals surface area contributed by atoms with E-state index in [2.05, 4.69) is 9.97 Å². The van der Waals surface area contributed by atoms with Crippen LogP contribution in [-0.4, -0.2) is 9.97 Å². The van der Waals surface area contributed by atoms with Gasteiger partial charge in [-0.1, -0.05) is 23.7 Å². The Hall–Kier alpha value is -1.98. The van der Waals surface area contributed by atoms with Crippen molar-refractivity contribution in [2.45, 2.75) is 10.6 Å². The van der Waals surface area contributed by atoms with Crippen LogP contribution in [0.4, 0.5) is 5.69 Å². The summed E-state index contributed by atoms with van der Waals surface area (Å²) in [5.41, 5.74) is 6.81. The Bertz CT molecular complexity index is 863. The number of nitrogen functional groups attached to an aromatic ring is 1. The second-order valence-electron chi connectivity index (χ2n) is 4.50. The quantitative estimate of drug-likeness (QED) is 0.573. The molecule has 4 nitrogen and oxygen atoms in total. The van der Waals surface area contributed by atoms with Crippen LogP contribution in [0.5, 0.6) is 0 Å². The van der Waals surface area contributed by atoms with Crippen LogP contribution in [0.25, 0.3) is 10.9 Å². The zero-order chi connectivity index (χ0) is 14.8. The van der Waals surface area contributed by atoms with E-state index in [1.54, 1.807) is 30.0 Å². The SMILES string of the molecule is Nc1ccc(SCc2nc3ccccc3c(=O)[nH]2)cc1Cl. The highest BCUT2D eigenvalue weighted by molar-refractivity contribution is 7.98. The first-order chi connectivity index (χ1) is 10.1. The van der Waals surface area contributed by atoms with Gasteiger partial charge in [0.2, 0.25) is 0 Å². The van der Waals surface area contributed by atoms with E-state index in [0.717, 1.165) is 4.90 Å². The van der Waals surface area contributed by atoms with Crippen molar-refractivity contribution in [2.75, 3.05) is 5.73 Å². The number of hydrogen-bond donors (Lipinski definition) is 2. The van der Waals surface area contributed by atoms with Gasteiger partial charge in [-0.25, -0.2) is 4.98 Å². The lowest BCUT2D eigenvalue weighted by molar-refractivity contribution is 1.04. The second kappa shape index (κ2) is 5.79. The third kappa shape index (κ3) is 3.04. The third-order valence-electron chi connectivity index (χ3n) is 3.01. The molecule has 0 aliphatic carbocycles. The van der Waals surface area contributed by atoms with Crippen LogP contribution in [0.3, 0.4) is 0 Å². The summed E-state index contributed by atoms with van der Waals surface area (Å²) < 4.78 is 0. The minimum absolute atomic E-state index is 0.119. The molecule has 1 heterocycles. The highest BCUT2D eigenvalue weighted by Gasteiger charge is 2.05. The zero-order valence-electron chi connectivity index (χ0n) is 11.0. The predicted octanol–water partition coefficient (Wildman–Crippen LogP) is 3.45. The van der Waals surface area contributed by atoms with Crippen LogP contribution in [0.2, 0.25) is 5.02 Å². The van der Waals surface area contributed by atoms with E-state index in [9.17, 15) is 4.79 Å². The molecule has 0 aliphatic heterocycles. The normalized spacial score (nSPS) is 10.9. The zero-order valence-corrected chi connectivity index (χ0v) is 12.5. The first-order valence-electron chi connectivity index (χ1n) is 6.29. The van der Waals surface area contributed by atoms with Gasteiger partial charge in [-0.3, -0.25) is 4.79 Å². The summed E-state index contributed by atoms with van der Waals surface area (Å²) in [7, 11) is 0. The van der Waals surface area contributed by atoms with E-state index in [1.165, 1.54) is 0 Å². The number of nitrogens with two attached hydrogens (primary N) is 1. The lowest BCUT2D eigenvalue weighted by Crippen LogP contribution is -2.11. The van der Waals surface area contributed by atoms with Crippen LogP contribution < -0.4 is 11.3 Å². The highest BCUT2D eigenvalue weighted by atomic mass is 35.5. The van der Waals surface area contributed by atoms with E-state index < -0.39 is 0 Å². The molecule has 106 valence electrons. The molecular weight excluding hydrogens is 306 g/mol. The van der Waals surface area contributed by atoms with Crippen molar-refractivity contribution in [2.24, 2.45) is 0 Å². The van der Waals surface area contributed by atoms with Crippen molar-refractivity contribution >= 4 is 40.0 Å². The van der Waals surface area contributed by atoms with Crippen LogP contribution in [-0.2, 0) is 5.75 Å². The van der Waals surface area contributed by atoms with Gasteiger partial charge >= 0.3 is 0 Å². The Morgan fingerprint density at radius 3 is 2.86 bits per heavy atom. The van der Waals surface area contributed by atoms with Crippen LogP contribution >= 0.6 is 23.4 Å². The van der Waals surface area contributed by atoms with Crippen LogP contribution in [0, 0.1) is 0 Å². The molecule has 0 amide bonds. The van der Waals surface area contributed by atoms with Crippen molar-refractivity contribution in [1.29, 1.82) is 0 Å². The van der Waals surface area contributed by atoms with Gasteiger partial charge in [-0.05, 0) is 30.3 Å². The summed E-state index contributed by atoms with van der Waals surface area (Å²) in [4.78, 5) is 20.2. The van der Waals surface area contributed by atoms with E-state index in [1.807, 2.05) is 24.3 Å². The number of fused-ring (bicyclic) bond motifs is 1. The Morgan fingerprint density at radius 1 is 1.24 bits per heavy atom. The molecule has 0 radical (unpaired) electrons. The number of nitrogens with zero attached hydrogens (tertiary/aromatic N) is 1. The molecule has 0 saturated carbocycles. The number of H-pyrrole nitrogens is 1. The average molecular weight is 318 g/mol. The van der Waals surface area contributed by atoms with Gasteiger partial charge in [-0.2, -0.15) is 0 Å². The Kier molecular flexibility index (Phi) is 3.86. The summed E-state index contributed by atoms with van der Waals surface area (Å²) in [6.07, 6.45) is 0. The molecule has 6 heteroatoms. The van der Waals surface area contributed by atoms with Gasteiger partial charge in [0, 0.05) is 4.90 Å².